The lowest BCUT2D eigenvalue weighted by Gasteiger charge is -2.36. The van der Waals surface area contributed by atoms with E-state index in [2.05, 4.69) is 44.2 Å². The number of amides is 2. The van der Waals surface area contributed by atoms with E-state index in [1.54, 1.807) is 0 Å². The molecule has 3 fully saturated rings. The largest absolute Gasteiger partial charge is 0.453 e. The van der Waals surface area contributed by atoms with Crippen molar-refractivity contribution < 1.29 is 23.1 Å². The molecular weight excluding hydrogens is 632 g/mol. The van der Waals surface area contributed by atoms with Crippen LogP contribution < -0.4 is 16.4 Å². The monoisotopic (exact) mass is 676 g/mol. The molecular formula is C33H45ClN4O5S2. The number of anilines is 1. The molecule has 3 saturated heterocycles. The Bertz CT molecular complexity index is 1360. The SMILES string of the molecule is COC(N)=O.O=C(CC(c1ccc(Cl)cc1)C1CCS(=O)CC1)Nc1cccc2c1CCC1NCCC(CCCSO)N3CC213. The number of nitrogens with two attached hydrogens (primary N) is 1. The lowest BCUT2D eigenvalue weighted by atomic mass is 9.77. The van der Waals surface area contributed by atoms with E-state index in [0.29, 0.717) is 29.4 Å². The summed E-state index contributed by atoms with van der Waals surface area (Å²) in [5, 5.41) is 7.89. The smallest absolute Gasteiger partial charge is 0.404 e. The highest BCUT2D eigenvalue weighted by Crippen LogP contribution is 2.55. The van der Waals surface area contributed by atoms with Gasteiger partial charge in [0.1, 0.15) is 0 Å². The summed E-state index contributed by atoms with van der Waals surface area (Å²) in [6.07, 6.45) is 6.74. The Labute approximate surface area is 278 Å². The highest BCUT2D eigenvalue weighted by molar-refractivity contribution is 7.93. The number of carbonyl (C=O) groups is 2. The van der Waals surface area contributed by atoms with Gasteiger partial charge < -0.3 is 25.7 Å². The quantitative estimate of drug-likeness (QED) is 0.156. The molecule has 4 aliphatic rings. The number of carbonyl (C=O) groups excluding carboxylic acids is 2. The Balaban J connectivity index is 0.000000743. The van der Waals surface area contributed by atoms with Gasteiger partial charge in [-0.25, -0.2) is 4.79 Å². The third-order valence-electron chi connectivity index (χ3n) is 9.98. The number of methoxy groups -OCH3 is 1. The molecule has 2 amide bonds. The molecule has 0 radical (unpaired) electrons. The number of benzene rings is 2. The molecule has 6 rings (SSSR count). The molecule has 3 aliphatic heterocycles. The Hall–Kier alpha value is -2.15. The van der Waals surface area contributed by atoms with E-state index in [4.69, 9.17) is 11.6 Å². The van der Waals surface area contributed by atoms with E-state index in [0.717, 1.165) is 98.6 Å². The minimum absolute atomic E-state index is 0.0193. The molecule has 45 heavy (non-hydrogen) atoms. The first-order valence-electron chi connectivity index (χ1n) is 15.9. The maximum atomic E-state index is 13.6. The average molecular weight is 677 g/mol. The third-order valence-corrected chi connectivity index (χ3v) is 12.1. The third kappa shape index (κ3) is 8.05. The van der Waals surface area contributed by atoms with Crippen LogP contribution in [0.3, 0.4) is 0 Å². The zero-order valence-corrected chi connectivity index (χ0v) is 28.2. The highest BCUT2D eigenvalue weighted by atomic mass is 35.5. The van der Waals surface area contributed by atoms with Gasteiger partial charge in [0.15, 0.2) is 0 Å². The summed E-state index contributed by atoms with van der Waals surface area (Å²) < 4.78 is 25.1. The van der Waals surface area contributed by atoms with Crippen molar-refractivity contribution in [2.75, 3.05) is 42.8 Å². The number of primary amides is 1. The molecule has 1 spiro atoms. The van der Waals surface area contributed by atoms with Crippen LogP contribution in [0.1, 0.15) is 67.6 Å². The number of rotatable bonds is 9. The van der Waals surface area contributed by atoms with Crippen LogP contribution in [-0.4, -0.2) is 75.2 Å². The number of hydrogen-bond donors (Lipinski definition) is 4. The number of nitrogens with one attached hydrogen (secondary N) is 2. The topological polar surface area (TPSA) is 134 Å². The van der Waals surface area contributed by atoms with Crippen molar-refractivity contribution in [1.82, 2.24) is 10.2 Å². The maximum Gasteiger partial charge on any atom is 0.404 e. The van der Waals surface area contributed by atoms with E-state index in [-0.39, 0.29) is 17.4 Å². The molecule has 5 atom stereocenters. The predicted molar refractivity (Wildman–Crippen MR) is 182 cm³/mol. The highest BCUT2D eigenvalue weighted by Gasteiger charge is 2.63. The lowest BCUT2D eigenvalue weighted by molar-refractivity contribution is -0.116. The maximum absolute atomic E-state index is 13.6. The van der Waals surface area contributed by atoms with Gasteiger partial charge >= 0.3 is 6.09 Å². The zero-order chi connectivity index (χ0) is 32.0. The van der Waals surface area contributed by atoms with Crippen molar-refractivity contribution in [2.45, 2.75) is 74.9 Å². The number of hydrogen-bond acceptors (Lipinski definition) is 8. The first-order valence-corrected chi connectivity index (χ1v) is 18.7. The van der Waals surface area contributed by atoms with Gasteiger partial charge in [-0.05, 0) is 110 Å². The fourth-order valence-electron chi connectivity index (χ4n) is 7.74. The molecule has 0 bridgehead atoms. The number of ether oxygens (including phenoxy) is 1. The van der Waals surface area contributed by atoms with Gasteiger partial charge in [-0.2, -0.15) is 0 Å². The Morgan fingerprint density at radius 1 is 1.20 bits per heavy atom. The molecule has 2 aromatic carbocycles. The van der Waals surface area contributed by atoms with Gasteiger partial charge in [0, 0.05) is 63.8 Å². The Morgan fingerprint density at radius 2 is 1.93 bits per heavy atom. The van der Waals surface area contributed by atoms with Crippen LogP contribution in [-0.2, 0) is 32.3 Å². The van der Waals surface area contributed by atoms with Crippen LogP contribution in [0.5, 0.6) is 0 Å². The standard InChI is InChI=1S/C31H40ClN3O3S2.C2H5NO2/c32-23-8-6-21(7-9-23)26(22-13-17-40(38)18-14-22)19-30(36)34-28-5-1-4-27-25(28)10-11-29-31(27)20-35(31)24(12-15-33-29)3-2-16-39-37;1-5-2(3)4/h1,4-9,22,24,26,29,33,37H,2-3,10-20H2,(H,34,36);1H3,(H2,3,4). The summed E-state index contributed by atoms with van der Waals surface area (Å²) in [5.74, 6) is 2.70. The minimum Gasteiger partial charge on any atom is -0.453 e. The zero-order valence-electron chi connectivity index (χ0n) is 25.8. The number of halogens is 1. The molecule has 2 aromatic rings. The first kappa shape index (κ1) is 34.2. The minimum atomic E-state index is -0.745. The number of fused-ring (bicyclic) bond motifs is 1. The molecule has 1 aliphatic carbocycles. The molecule has 12 heteroatoms. The van der Waals surface area contributed by atoms with Gasteiger partial charge in [-0.3, -0.25) is 13.9 Å². The fourth-order valence-corrected chi connectivity index (χ4v) is 9.50. The van der Waals surface area contributed by atoms with Gasteiger partial charge in [-0.15, -0.1) is 0 Å². The van der Waals surface area contributed by atoms with Crippen LogP contribution in [0, 0.1) is 5.92 Å². The lowest BCUT2D eigenvalue weighted by Crippen LogP contribution is -2.45. The summed E-state index contributed by atoms with van der Waals surface area (Å²) in [6.45, 7) is 2.10. The summed E-state index contributed by atoms with van der Waals surface area (Å²) in [5.41, 5.74) is 9.21. The van der Waals surface area contributed by atoms with Crippen LogP contribution in [0.25, 0.3) is 0 Å². The normalized spacial score (nSPS) is 28.9. The summed E-state index contributed by atoms with van der Waals surface area (Å²) >= 11 is 7.12. The second kappa shape index (κ2) is 15.6. The first-order chi connectivity index (χ1) is 21.8. The van der Waals surface area contributed by atoms with E-state index in [9.17, 15) is 18.4 Å². The molecule has 0 aromatic heterocycles. The summed E-state index contributed by atoms with van der Waals surface area (Å²) in [7, 11) is 0.488. The van der Waals surface area contributed by atoms with Crippen molar-refractivity contribution in [1.29, 1.82) is 0 Å². The predicted octanol–water partition coefficient (Wildman–Crippen LogP) is 5.50. The molecule has 9 nitrogen and oxygen atoms in total. The molecule has 3 heterocycles. The summed E-state index contributed by atoms with van der Waals surface area (Å²) in [4.78, 5) is 25.7. The molecule has 0 saturated carbocycles. The number of nitrogens with zero attached hydrogens (tertiary/aromatic N) is 1. The van der Waals surface area contributed by atoms with Crippen LogP contribution >= 0.6 is 23.6 Å². The van der Waals surface area contributed by atoms with Crippen molar-refractivity contribution in [3.8, 4) is 0 Å². The van der Waals surface area contributed by atoms with E-state index in [1.165, 1.54) is 18.2 Å². The Morgan fingerprint density at radius 3 is 2.62 bits per heavy atom. The van der Waals surface area contributed by atoms with E-state index < -0.39 is 16.9 Å². The molecule has 5 N–H and O–H groups in total. The van der Waals surface area contributed by atoms with Gasteiger partial charge in [-0.1, -0.05) is 35.9 Å². The summed E-state index contributed by atoms with van der Waals surface area (Å²) in [6, 6.07) is 15.3. The van der Waals surface area contributed by atoms with Crippen LogP contribution in [0.15, 0.2) is 42.5 Å². The molecule has 246 valence electrons. The average Bonchev–Trinajstić information content (AvgIpc) is 3.79. The van der Waals surface area contributed by atoms with Gasteiger partial charge in [0.05, 0.1) is 12.6 Å². The van der Waals surface area contributed by atoms with Crippen molar-refractivity contribution in [2.24, 2.45) is 11.7 Å². The fraction of sp³-hybridized carbons (Fsp3) is 0.576. The van der Waals surface area contributed by atoms with Crippen molar-refractivity contribution in [3.63, 3.8) is 0 Å². The van der Waals surface area contributed by atoms with Crippen LogP contribution in [0.4, 0.5) is 10.5 Å². The van der Waals surface area contributed by atoms with Gasteiger partial charge in [0.2, 0.25) is 5.91 Å². The second-order valence-corrected chi connectivity index (χ2v) is 15.3. The van der Waals surface area contributed by atoms with E-state index in [1.807, 2.05) is 24.3 Å². The Kier molecular flexibility index (Phi) is 11.9. The van der Waals surface area contributed by atoms with E-state index >= 15 is 0 Å². The molecule has 5 unspecified atom stereocenters. The second-order valence-electron chi connectivity index (χ2n) is 12.5. The van der Waals surface area contributed by atoms with Crippen LogP contribution in [0.2, 0.25) is 5.02 Å². The van der Waals surface area contributed by atoms with Gasteiger partial charge in [0.25, 0.3) is 0 Å². The van der Waals surface area contributed by atoms with Crippen molar-refractivity contribution in [3.05, 3.63) is 64.2 Å². The van der Waals surface area contributed by atoms with Crippen molar-refractivity contribution >= 4 is 52.1 Å².